The molecule has 0 amide bonds. The van der Waals surface area contributed by atoms with Crippen molar-refractivity contribution in [3.63, 3.8) is 0 Å². The monoisotopic (exact) mass is 258 g/mol. The maximum Gasteiger partial charge on any atom is 0.269 e. The van der Waals surface area contributed by atoms with Gasteiger partial charge in [-0.3, -0.25) is 14.9 Å². The molecule has 0 aromatic heterocycles. The summed E-state index contributed by atoms with van der Waals surface area (Å²) in [5.41, 5.74) is -0.199. The minimum atomic E-state index is -3.79. The Morgan fingerprint density at radius 1 is 1.35 bits per heavy atom. The van der Waals surface area contributed by atoms with Crippen LogP contribution in [0, 0.1) is 10.1 Å². The molecule has 0 unspecified atom stereocenters. The molecule has 0 bridgehead atoms. The first-order valence-electron chi connectivity index (χ1n) is 4.56. The third-order valence-electron chi connectivity index (χ3n) is 1.87. The Kier molecular flexibility index (Phi) is 3.92. The van der Waals surface area contributed by atoms with E-state index in [1.165, 1.54) is 6.92 Å². The van der Waals surface area contributed by atoms with Gasteiger partial charge in [0.15, 0.2) is 0 Å². The number of nitro groups is 1. The van der Waals surface area contributed by atoms with Crippen molar-refractivity contribution in [2.24, 2.45) is 0 Å². The maximum absolute atomic E-state index is 11.6. The van der Waals surface area contributed by atoms with Crippen LogP contribution in [0.4, 0.5) is 5.69 Å². The van der Waals surface area contributed by atoms with Gasteiger partial charge >= 0.3 is 0 Å². The zero-order valence-electron chi connectivity index (χ0n) is 8.91. The number of hydrogen-bond acceptors (Lipinski definition) is 5. The Labute approximate surface area is 97.7 Å². The van der Waals surface area contributed by atoms with Crippen molar-refractivity contribution in [3.05, 3.63) is 34.4 Å². The fraction of sp³-hybridized carbons (Fsp3) is 0.222. The Balaban J connectivity index is 2.92. The summed E-state index contributed by atoms with van der Waals surface area (Å²) in [6.45, 7) is 0.942. The molecule has 1 rings (SSSR count). The van der Waals surface area contributed by atoms with Gasteiger partial charge in [0.1, 0.15) is 5.78 Å². The number of non-ortho nitro benzene ring substituents is 1. The molecule has 0 radical (unpaired) electrons. The number of sulfonamides is 1. The van der Waals surface area contributed by atoms with Gasteiger partial charge < -0.3 is 0 Å². The van der Waals surface area contributed by atoms with E-state index < -0.39 is 14.9 Å². The first kappa shape index (κ1) is 13.3. The first-order valence-corrected chi connectivity index (χ1v) is 6.05. The summed E-state index contributed by atoms with van der Waals surface area (Å²) in [4.78, 5) is 20.3. The minimum absolute atomic E-state index is 0.121. The number of carbonyl (C=O) groups excluding carboxylic acids is 1. The van der Waals surface area contributed by atoms with Gasteiger partial charge in [0.2, 0.25) is 10.0 Å². The molecule has 7 nitrogen and oxygen atoms in total. The van der Waals surface area contributed by atoms with Crippen molar-refractivity contribution in [3.8, 4) is 0 Å². The number of carbonyl (C=O) groups is 1. The van der Waals surface area contributed by atoms with E-state index in [0.717, 1.165) is 24.3 Å². The molecule has 17 heavy (non-hydrogen) atoms. The van der Waals surface area contributed by atoms with Gasteiger partial charge in [-0.2, -0.15) is 0 Å². The lowest BCUT2D eigenvalue weighted by molar-refractivity contribution is -0.384. The van der Waals surface area contributed by atoms with E-state index in [1.807, 2.05) is 0 Å². The Hall–Kier alpha value is -1.80. The number of nitrogens with zero attached hydrogens (tertiary/aromatic N) is 1. The van der Waals surface area contributed by atoms with Gasteiger partial charge in [0.05, 0.1) is 16.4 Å². The first-order chi connectivity index (χ1) is 7.83. The molecule has 0 heterocycles. The smallest absolute Gasteiger partial charge is 0.269 e. The molecule has 0 aliphatic heterocycles. The summed E-state index contributed by atoms with van der Waals surface area (Å²) >= 11 is 0. The SMILES string of the molecule is CC(=O)CNS(=O)(=O)c1ccc([N+](=O)[O-])cc1. The summed E-state index contributed by atoms with van der Waals surface area (Å²) in [6.07, 6.45) is 0. The molecule has 0 saturated heterocycles. The molecular formula is C9H10N2O5S. The molecule has 0 fully saturated rings. The summed E-state index contributed by atoms with van der Waals surface area (Å²) in [7, 11) is -3.79. The quantitative estimate of drug-likeness (QED) is 0.610. The van der Waals surface area contributed by atoms with Gasteiger partial charge in [-0.1, -0.05) is 0 Å². The summed E-state index contributed by atoms with van der Waals surface area (Å²) in [5.74, 6) is -0.324. The highest BCUT2D eigenvalue weighted by atomic mass is 32.2. The zero-order chi connectivity index (χ0) is 13.1. The minimum Gasteiger partial charge on any atom is -0.299 e. The predicted molar refractivity (Wildman–Crippen MR) is 59.0 cm³/mol. The van der Waals surface area contributed by atoms with Gasteiger partial charge in [0.25, 0.3) is 5.69 Å². The van der Waals surface area contributed by atoms with Crippen LogP contribution in [0.5, 0.6) is 0 Å². The van der Waals surface area contributed by atoms with Crippen molar-refractivity contribution in [1.82, 2.24) is 4.72 Å². The number of rotatable bonds is 5. The van der Waals surface area contributed by atoms with Crippen LogP contribution < -0.4 is 4.72 Å². The molecule has 1 aromatic carbocycles. The van der Waals surface area contributed by atoms with Gasteiger partial charge in [-0.05, 0) is 19.1 Å². The van der Waals surface area contributed by atoms with Crippen LogP contribution in [0.3, 0.4) is 0 Å². The van der Waals surface area contributed by atoms with E-state index in [9.17, 15) is 23.3 Å². The van der Waals surface area contributed by atoms with Crippen LogP contribution in [0.1, 0.15) is 6.92 Å². The van der Waals surface area contributed by atoms with Crippen molar-refractivity contribution >= 4 is 21.5 Å². The second kappa shape index (κ2) is 5.02. The number of ketones is 1. The van der Waals surface area contributed by atoms with Gasteiger partial charge in [-0.15, -0.1) is 0 Å². The highest BCUT2D eigenvalue weighted by molar-refractivity contribution is 7.89. The molecule has 0 spiro atoms. The van der Waals surface area contributed by atoms with Crippen LogP contribution in [-0.2, 0) is 14.8 Å². The standard InChI is InChI=1S/C9H10N2O5S/c1-7(12)6-10-17(15,16)9-4-2-8(3-5-9)11(13)14/h2-5,10H,6H2,1H3. The fourth-order valence-corrected chi connectivity index (χ4v) is 2.08. The molecule has 1 aromatic rings. The van der Waals surface area contributed by atoms with E-state index in [4.69, 9.17) is 0 Å². The molecule has 0 aliphatic rings. The van der Waals surface area contributed by atoms with Crippen molar-refractivity contribution in [2.75, 3.05) is 6.54 Å². The normalized spacial score (nSPS) is 11.1. The third-order valence-corrected chi connectivity index (χ3v) is 3.29. The lowest BCUT2D eigenvalue weighted by atomic mass is 10.3. The van der Waals surface area contributed by atoms with Crippen LogP contribution >= 0.6 is 0 Å². The average Bonchev–Trinajstić information content (AvgIpc) is 2.27. The maximum atomic E-state index is 11.6. The van der Waals surface area contributed by atoms with Crippen LogP contribution in [0.15, 0.2) is 29.2 Å². The topological polar surface area (TPSA) is 106 Å². The van der Waals surface area contributed by atoms with Crippen LogP contribution in [-0.4, -0.2) is 25.7 Å². The summed E-state index contributed by atoms with van der Waals surface area (Å²) in [5, 5.41) is 10.4. The van der Waals surface area contributed by atoms with Gasteiger partial charge in [0, 0.05) is 12.1 Å². The molecule has 8 heteroatoms. The second-order valence-corrected chi connectivity index (χ2v) is 5.04. The third kappa shape index (κ3) is 3.61. The Bertz CT molecular complexity index is 535. The number of benzene rings is 1. The lowest BCUT2D eigenvalue weighted by Gasteiger charge is -2.04. The van der Waals surface area contributed by atoms with E-state index in [0.29, 0.717) is 0 Å². The zero-order valence-corrected chi connectivity index (χ0v) is 9.73. The van der Waals surface area contributed by atoms with Crippen LogP contribution in [0.2, 0.25) is 0 Å². The van der Waals surface area contributed by atoms with E-state index in [-0.39, 0.29) is 22.9 Å². The van der Waals surface area contributed by atoms with Crippen molar-refractivity contribution in [1.29, 1.82) is 0 Å². The second-order valence-electron chi connectivity index (χ2n) is 3.28. The number of Topliss-reactive ketones (excluding diaryl/α,β-unsaturated/α-hetero) is 1. The van der Waals surface area contributed by atoms with Crippen molar-refractivity contribution in [2.45, 2.75) is 11.8 Å². The van der Waals surface area contributed by atoms with Crippen molar-refractivity contribution < 1.29 is 18.1 Å². The Morgan fingerprint density at radius 3 is 2.29 bits per heavy atom. The number of hydrogen-bond donors (Lipinski definition) is 1. The van der Waals surface area contributed by atoms with Gasteiger partial charge in [-0.25, -0.2) is 13.1 Å². The highest BCUT2D eigenvalue weighted by Crippen LogP contribution is 2.15. The molecule has 1 N–H and O–H groups in total. The average molecular weight is 258 g/mol. The van der Waals surface area contributed by atoms with E-state index >= 15 is 0 Å². The molecule has 0 atom stereocenters. The number of nitro benzene ring substituents is 1. The molecular weight excluding hydrogens is 248 g/mol. The van der Waals surface area contributed by atoms with E-state index in [2.05, 4.69) is 4.72 Å². The molecule has 0 aliphatic carbocycles. The largest absolute Gasteiger partial charge is 0.299 e. The highest BCUT2D eigenvalue weighted by Gasteiger charge is 2.15. The fourth-order valence-electron chi connectivity index (χ4n) is 1.03. The molecule has 92 valence electrons. The summed E-state index contributed by atoms with van der Waals surface area (Å²) < 4.78 is 25.2. The summed E-state index contributed by atoms with van der Waals surface area (Å²) in [6, 6.07) is 4.39. The number of nitrogens with one attached hydrogen (secondary N) is 1. The van der Waals surface area contributed by atoms with Crippen LogP contribution in [0.25, 0.3) is 0 Å². The van der Waals surface area contributed by atoms with E-state index in [1.54, 1.807) is 0 Å². The molecule has 0 saturated carbocycles. The Morgan fingerprint density at radius 2 is 1.88 bits per heavy atom. The predicted octanol–water partition coefficient (Wildman–Crippen LogP) is 0.462. The lowest BCUT2D eigenvalue weighted by Crippen LogP contribution is -2.28.